The van der Waals surface area contributed by atoms with E-state index in [4.69, 9.17) is 4.74 Å². The van der Waals surface area contributed by atoms with Crippen LogP contribution < -0.4 is 4.74 Å². The zero-order valence-electron chi connectivity index (χ0n) is 21.3. The minimum absolute atomic E-state index is 0.0394. The van der Waals surface area contributed by atoms with Crippen molar-refractivity contribution in [2.45, 2.75) is 86.4 Å². The number of aliphatic hydroxyl groups is 1. The van der Waals surface area contributed by atoms with Crippen LogP contribution in [0.5, 0.6) is 5.75 Å². The minimum Gasteiger partial charge on any atom is -0.496 e. The number of hydrogen-bond donors (Lipinski definition) is 1. The van der Waals surface area contributed by atoms with Crippen molar-refractivity contribution in [3.05, 3.63) is 65.2 Å². The van der Waals surface area contributed by atoms with Gasteiger partial charge < -0.3 is 9.84 Å². The van der Waals surface area contributed by atoms with Gasteiger partial charge in [-0.25, -0.2) is 0 Å². The van der Waals surface area contributed by atoms with Gasteiger partial charge in [0.05, 0.1) is 13.7 Å². The molecule has 2 aromatic carbocycles. The monoisotopic (exact) mass is 427 g/mol. The van der Waals surface area contributed by atoms with Crippen LogP contribution in [0.3, 0.4) is 0 Å². The quantitative estimate of drug-likeness (QED) is 0.473. The Morgan fingerprint density at radius 1 is 0.968 bits per heavy atom. The fourth-order valence-electron chi connectivity index (χ4n) is 4.02. The predicted molar refractivity (Wildman–Crippen MR) is 134 cm³/mol. The van der Waals surface area contributed by atoms with E-state index in [0.717, 1.165) is 29.8 Å². The topological polar surface area (TPSA) is 32.7 Å². The first-order valence-corrected chi connectivity index (χ1v) is 11.8. The van der Waals surface area contributed by atoms with Gasteiger partial charge in [-0.2, -0.15) is 0 Å². The summed E-state index contributed by atoms with van der Waals surface area (Å²) >= 11 is 0. The van der Waals surface area contributed by atoms with Gasteiger partial charge >= 0.3 is 0 Å². The van der Waals surface area contributed by atoms with Crippen molar-refractivity contribution in [3.63, 3.8) is 0 Å². The zero-order valence-corrected chi connectivity index (χ0v) is 21.3. The molecule has 2 aromatic rings. The molecule has 31 heavy (non-hydrogen) atoms. The molecule has 3 heteroatoms. The lowest BCUT2D eigenvalue weighted by Gasteiger charge is -2.41. The second-order valence-electron chi connectivity index (χ2n) is 9.36. The van der Waals surface area contributed by atoms with Crippen molar-refractivity contribution in [1.29, 1.82) is 0 Å². The van der Waals surface area contributed by atoms with E-state index in [1.165, 1.54) is 5.56 Å². The molecule has 0 heterocycles. The largest absolute Gasteiger partial charge is 0.496 e. The number of benzene rings is 2. The Morgan fingerprint density at radius 2 is 1.58 bits per heavy atom. The Hall–Kier alpha value is -1.84. The molecule has 0 saturated heterocycles. The lowest BCUT2D eigenvalue weighted by molar-refractivity contribution is 0.0807. The van der Waals surface area contributed by atoms with Crippen LogP contribution in [0.2, 0.25) is 0 Å². The van der Waals surface area contributed by atoms with E-state index in [9.17, 15) is 5.11 Å². The minimum atomic E-state index is 0.0394. The van der Waals surface area contributed by atoms with Gasteiger partial charge in [0.15, 0.2) is 0 Å². The maximum atomic E-state index is 9.68. The molecule has 2 unspecified atom stereocenters. The van der Waals surface area contributed by atoms with Gasteiger partial charge in [0, 0.05) is 23.6 Å². The molecular weight excluding hydrogens is 382 g/mol. The van der Waals surface area contributed by atoms with Crippen molar-refractivity contribution in [1.82, 2.24) is 4.90 Å². The lowest BCUT2D eigenvalue weighted by Crippen LogP contribution is -2.46. The highest BCUT2D eigenvalue weighted by Gasteiger charge is 2.29. The molecule has 0 aromatic heterocycles. The van der Waals surface area contributed by atoms with Crippen LogP contribution >= 0.6 is 0 Å². The Labute approximate surface area is 191 Å². The normalized spacial score (nSPS) is 13.5. The van der Waals surface area contributed by atoms with E-state index < -0.39 is 0 Å². The van der Waals surface area contributed by atoms with Crippen molar-refractivity contribution < 1.29 is 9.84 Å². The first-order valence-electron chi connectivity index (χ1n) is 11.8. The summed E-state index contributed by atoms with van der Waals surface area (Å²) in [6, 6.07) is 17.6. The van der Waals surface area contributed by atoms with Gasteiger partial charge in [-0.3, -0.25) is 4.90 Å². The number of aliphatic hydroxyl groups excluding tert-OH is 1. The highest BCUT2D eigenvalue weighted by atomic mass is 16.5. The van der Waals surface area contributed by atoms with Gasteiger partial charge in [0.2, 0.25) is 0 Å². The van der Waals surface area contributed by atoms with Gasteiger partial charge in [0.1, 0.15) is 5.75 Å². The van der Waals surface area contributed by atoms with Crippen molar-refractivity contribution in [2.75, 3.05) is 13.7 Å². The number of nitrogens with zero attached hydrogens (tertiary/aromatic N) is 1. The molecule has 0 radical (unpaired) electrons. The fourth-order valence-corrected chi connectivity index (χ4v) is 4.02. The average Bonchev–Trinajstić information content (AvgIpc) is 2.77. The maximum absolute atomic E-state index is 9.68. The Kier molecular flexibility index (Phi) is 11.3. The molecule has 0 fully saturated rings. The standard InChI is InChI=1S/C26H39NO2.C2H6/c1-19(2)27(20(3)26(4,5)6)16-15-23(22-11-9-8-10-12-22)24-17-21(18-28)13-14-25(24)29-7;1-2/h8-14,17,19-20,23,28H,15-16,18H2,1-7H3;1-2H3. The number of hydrogen-bond acceptors (Lipinski definition) is 3. The van der Waals surface area contributed by atoms with E-state index in [2.05, 4.69) is 82.8 Å². The average molecular weight is 428 g/mol. The van der Waals surface area contributed by atoms with Gasteiger partial charge in [-0.1, -0.05) is 71.0 Å². The van der Waals surface area contributed by atoms with E-state index >= 15 is 0 Å². The van der Waals surface area contributed by atoms with Crippen molar-refractivity contribution in [3.8, 4) is 5.75 Å². The highest BCUT2D eigenvalue weighted by Crippen LogP contribution is 2.36. The summed E-state index contributed by atoms with van der Waals surface area (Å²) < 4.78 is 5.71. The van der Waals surface area contributed by atoms with E-state index in [1.807, 2.05) is 26.0 Å². The molecule has 0 aliphatic carbocycles. The zero-order chi connectivity index (χ0) is 23.6. The summed E-state index contributed by atoms with van der Waals surface area (Å²) in [4.78, 5) is 2.61. The summed E-state index contributed by atoms with van der Waals surface area (Å²) in [5.41, 5.74) is 3.58. The molecule has 1 N–H and O–H groups in total. The Bertz CT molecular complexity index is 749. The molecule has 0 saturated carbocycles. The van der Waals surface area contributed by atoms with Gasteiger partial charge in [-0.15, -0.1) is 0 Å². The predicted octanol–water partition coefficient (Wildman–Crippen LogP) is 6.88. The molecule has 0 bridgehead atoms. The molecule has 0 aliphatic rings. The van der Waals surface area contributed by atoms with Gasteiger partial charge in [-0.05, 0) is 62.4 Å². The van der Waals surface area contributed by atoms with Crippen molar-refractivity contribution >= 4 is 0 Å². The molecule has 0 aliphatic heterocycles. The third-order valence-electron chi connectivity index (χ3n) is 6.14. The molecule has 2 rings (SSSR count). The second kappa shape index (κ2) is 12.9. The summed E-state index contributed by atoms with van der Waals surface area (Å²) in [6.07, 6.45) is 0.994. The summed E-state index contributed by atoms with van der Waals surface area (Å²) in [6.45, 7) is 18.9. The van der Waals surface area contributed by atoms with Crippen LogP contribution in [0.1, 0.15) is 84.4 Å². The van der Waals surface area contributed by atoms with Crippen LogP contribution in [-0.2, 0) is 6.61 Å². The summed E-state index contributed by atoms with van der Waals surface area (Å²) in [7, 11) is 1.72. The maximum Gasteiger partial charge on any atom is 0.122 e. The molecule has 2 atom stereocenters. The Morgan fingerprint density at radius 3 is 2.06 bits per heavy atom. The molecule has 174 valence electrons. The van der Waals surface area contributed by atoms with Crippen LogP contribution in [0.4, 0.5) is 0 Å². The lowest BCUT2D eigenvalue weighted by atomic mass is 9.84. The van der Waals surface area contributed by atoms with Crippen molar-refractivity contribution in [2.24, 2.45) is 5.41 Å². The Balaban J connectivity index is 0.00000233. The van der Waals surface area contributed by atoms with E-state index in [1.54, 1.807) is 7.11 Å². The highest BCUT2D eigenvalue weighted by molar-refractivity contribution is 5.44. The van der Waals surface area contributed by atoms with E-state index in [0.29, 0.717) is 12.1 Å². The SMILES string of the molecule is CC.COc1ccc(CO)cc1C(CCN(C(C)C)C(C)C(C)(C)C)c1ccccc1. The number of ether oxygens (including phenoxy) is 1. The summed E-state index contributed by atoms with van der Waals surface area (Å²) in [5.74, 6) is 1.10. The number of rotatable bonds is 9. The fraction of sp³-hybridized carbons (Fsp3) is 0.571. The van der Waals surface area contributed by atoms with Crippen LogP contribution in [0.15, 0.2) is 48.5 Å². The first kappa shape index (κ1) is 27.2. The van der Waals surface area contributed by atoms with Gasteiger partial charge in [0.25, 0.3) is 0 Å². The third kappa shape index (κ3) is 7.66. The molecule has 0 amide bonds. The number of methoxy groups -OCH3 is 1. The first-order chi connectivity index (χ1) is 14.7. The third-order valence-corrected chi connectivity index (χ3v) is 6.14. The van der Waals surface area contributed by atoms with Crippen LogP contribution in [0, 0.1) is 5.41 Å². The summed E-state index contributed by atoms with van der Waals surface area (Å²) in [5, 5.41) is 9.68. The van der Waals surface area contributed by atoms with Crippen LogP contribution in [0.25, 0.3) is 0 Å². The molecular formula is C28H45NO2. The molecule has 0 spiro atoms. The second-order valence-corrected chi connectivity index (χ2v) is 9.36. The smallest absolute Gasteiger partial charge is 0.122 e. The van der Waals surface area contributed by atoms with E-state index in [-0.39, 0.29) is 17.9 Å². The molecule has 3 nitrogen and oxygen atoms in total. The van der Waals surface area contributed by atoms with Crippen LogP contribution in [-0.4, -0.2) is 35.7 Å².